The lowest BCUT2D eigenvalue weighted by Gasteiger charge is -2.21. The normalized spacial score (nSPS) is 14.5. The van der Waals surface area contributed by atoms with Gasteiger partial charge < -0.3 is 19.9 Å². The van der Waals surface area contributed by atoms with Gasteiger partial charge in [-0.05, 0) is 142 Å². The number of carbonyl (C=O) groups excluding carboxylic acids is 2. The van der Waals surface area contributed by atoms with Gasteiger partial charge in [-0.3, -0.25) is 18.8 Å². The molecule has 0 saturated carbocycles. The zero-order valence-corrected chi connectivity index (χ0v) is 39.6. The Kier molecular flexibility index (Phi) is 17.8. The van der Waals surface area contributed by atoms with E-state index in [1.54, 1.807) is 43.5 Å². The second-order valence-electron chi connectivity index (χ2n) is 17.6. The molecule has 5 aromatic rings. The number of amides is 3. The first-order chi connectivity index (χ1) is 33.9. The minimum atomic E-state index is -5.02. The summed E-state index contributed by atoms with van der Waals surface area (Å²) in [6.07, 6.45) is -14.8. The molecule has 1 saturated heterocycles. The molecule has 6 rings (SSSR count). The van der Waals surface area contributed by atoms with Crippen LogP contribution < -0.4 is 20.5 Å². The van der Waals surface area contributed by atoms with Crippen LogP contribution in [0.1, 0.15) is 96.7 Å². The summed E-state index contributed by atoms with van der Waals surface area (Å²) in [5.41, 5.74) is -5.95. The maximum atomic E-state index is 13.3. The number of benzene rings is 4. The van der Waals surface area contributed by atoms with Crippen LogP contribution in [0.3, 0.4) is 0 Å². The van der Waals surface area contributed by atoms with Crippen molar-refractivity contribution in [3.05, 3.63) is 152 Å². The van der Waals surface area contributed by atoms with Gasteiger partial charge in [0.1, 0.15) is 17.5 Å². The topological polar surface area (TPSA) is 132 Å². The molecule has 0 radical (unpaired) electrons. The number of imidazole rings is 1. The van der Waals surface area contributed by atoms with Gasteiger partial charge in [-0.2, -0.15) is 52.7 Å². The van der Waals surface area contributed by atoms with E-state index in [1.165, 1.54) is 24.6 Å². The number of urea groups is 1. The van der Waals surface area contributed by atoms with Crippen LogP contribution in [0.5, 0.6) is 11.5 Å². The van der Waals surface area contributed by atoms with Crippen LogP contribution in [0.4, 0.5) is 57.5 Å². The van der Waals surface area contributed by atoms with Crippen LogP contribution in [0.25, 0.3) is 0 Å². The average Bonchev–Trinajstić information content (AvgIpc) is 3.73. The molecular weight excluding hydrogens is 997 g/mol. The van der Waals surface area contributed by atoms with Gasteiger partial charge in [0.25, 0.3) is 5.91 Å². The van der Waals surface area contributed by atoms with E-state index in [9.17, 15) is 77.0 Å². The van der Waals surface area contributed by atoms with Gasteiger partial charge in [0.15, 0.2) is 5.60 Å². The molecule has 2 heterocycles. The average molecular weight is 1050 g/mol. The Hall–Kier alpha value is -6.94. The highest BCUT2D eigenvalue weighted by Gasteiger charge is 2.41. The van der Waals surface area contributed by atoms with Crippen LogP contribution >= 0.6 is 0 Å². The van der Waals surface area contributed by atoms with E-state index in [0.29, 0.717) is 91.4 Å². The van der Waals surface area contributed by atoms with Crippen molar-refractivity contribution in [2.45, 2.75) is 122 Å². The van der Waals surface area contributed by atoms with Gasteiger partial charge in [0.05, 0.1) is 42.5 Å². The SMILES string of the molecule is CCCn1c(CCCc2ccc(OC(C)(C)C(=O)O)cc2)cn(Cc2cc(C(F)(F)F)cc(C(F)(F)F)c2)c1=O.COc1ccc(CCCC2NC(=O)N(Cc3cc(C(F)(F)F)cc(C(F)(F)F)c3)C2=O)cc1. The first kappa shape index (κ1) is 57.0. The number of carbonyl (C=O) groups is 3. The molecule has 3 amide bonds. The van der Waals surface area contributed by atoms with Crippen LogP contribution in [-0.2, 0) is 73.2 Å². The number of imide groups is 1. The standard InChI is InChI=1S/C28H30F6N2O4.C22H20F6N2O3/c1-4-12-36-22(7-5-6-18-8-10-23(11-9-18)40-26(2,3)24(37)38)17-35(25(36)39)16-19-13-20(27(29,30)31)15-21(14-19)28(32,33)34;1-33-17-7-5-13(6-8-17)3-2-4-18-19(31)30(20(32)29-18)12-14-9-15(21(23,24)25)11-16(10-14)22(26,27)28/h8-11,13-15,17H,4-7,12,16H2,1-3H3,(H,37,38);5-11,18H,2-4,12H2,1H3,(H,29,32). The number of hydrogen-bond acceptors (Lipinski definition) is 6. The second kappa shape index (κ2) is 22.9. The molecule has 1 unspecified atom stereocenters. The first-order valence-electron chi connectivity index (χ1n) is 22.5. The lowest BCUT2D eigenvalue weighted by molar-refractivity contribution is -0.152. The molecule has 23 heteroatoms. The molecule has 1 atom stereocenters. The molecule has 396 valence electrons. The molecule has 73 heavy (non-hydrogen) atoms. The number of ether oxygens (including phenoxy) is 2. The van der Waals surface area contributed by atoms with Gasteiger partial charge >= 0.3 is 42.4 Å². The van der Waals surface area contributed by atoms with Gasteiger partial charge in [0.2, 0.25) is 0 Å². The zero-order valence-electron chi connectivity index (χ0n) is 39.6. The van der Waals surface area contributed by atoms with Gasteiger partial charge in [-0.15, -0.1) is 0 Å². The van der Waals surface area contributed by atoms with E-state index >= 15 is 0 Å². The number of aromatic nitrogens is 2. The van der Waals surface area contributed by atoms with Crippen molar-refractivity contribution in [3.8, 4) is 11.5 Å². The van der Waals surface area contributed by atoms with Crippen LogP contribution in [-0.4, -0.2) is 55.8 Å². The molecule has 0 bridgehead atoms. The van der Waals surface area contributed by atoms with Crippen molar-refractivity contribution in [1.82, 2.24) is 19.4 Å². The minimum absolute atomic E-state index is 0.00263. The maximum absolute atomic E-state index is 13.3. The Labute approximate surface area is 410 Å². The van der Waals surface area contributed by atoms with E-state index in [2.05, 4.69) is 5.32 Å². The number of nitrogens with zero attached hydrogens (tertiary/aromatic N) is 3. The van der Waals surface area contributed by atoms with Crippen LogP contribution in [0.15, 0.2) is 95.9 Å². The van der Waals surface area contributed by atoms with Crippen molar-refractivity contribution < 1.29 is 81.6 Å². The van der Waals surface area contributed by atoms with E-state index in [1.807, 2.05) is 19.1 Å². The fraction of sp³-hybridized carbons (Fsp3) is 0.400. The monoisotopic (exact) mass is 1050 g/mol. The van der Waals surface area contributed by atoms with Crippen molar-refractivity contribution in [2.75, 3.05) is 7.11 Å². The molecule has 1 aliphatic rings. The van der Waals surface area contributed by atoms with Crippen molar-refractivity contribution in [2.24, 2.45) is 0 Å². The maximum Gasteiger partial charge on any atom is 0.416 e. The number of rotatable bonds is 18. The van der Waals surface area contributed by atoms with E-state index in [4.69, 9.17) is 9.47 Å². The third kappa shape index (κ3) is 15.5. The highest BCUT2D eigenvalue weighted by atomic mass is 19.4. The molecule has 0 aliphatic carbocycles. The summed E-state index contributed by atoms with van der Waals surface area (Å²) in [5.74, 6) is -0.708. The number of alkyl halides is 12. The Morgan fingerprint density at radius 3 is 1.52 bits per heavy atom. The number of halogens is 12. The summed E-state index contributed by atoms with van der Waals surface area (Å²) in [6, 6.07) is 14.7. The number of methoxy groups -OCH3 is 1. The number of hydrogen-bond donors (Lipinski definition) is 2. The smallest absolute Gasteiger partial charge is 0.416 e. The summed E-state index contributed by atoms with van der Waals surface area (Å²) in [7, 11) is 1.54. The number of aliphatic carboxylic acids is 1. The molecular formula is C50H50F12N4O7. The molecule has 2 N–H and O–H groups in total. The number of aryl methyl sites for hydroxylation is 3. The molecule has 4 aromatic carbocycles. The second-order valence-corrected chi connectivity index (χ2v) is 17.6. The number of nitrogens with one attached hydrogen (secondary N) is 1. The third-order valence-electron chi connectivity index (χ3n) is 11.5. The summed E-state index contributed by atoms with van der Waals surface area (Å²) < 4.78 is 171. The molecule has 11 nitrogen and oxygen atoms in total. The lowest BCUT2D eigenvalue weighted by atomic mass is 10.0. The Balaban J connectivity index is 0.000000276. The zero-order chi connectivity index (χ0) is 54.3. The third-order valence-corrected chi connectivity index (χ3v) is 11.5. The predicted molar refractivity (Wildman–Crippen MR) is 241 cm³/mol. The van der Waals surface area contributed by atoms with Crippen molar-refractivity contribution in [3.63, 3.8) is 0 Å². The van der Waals surface area contributed by atoms with Crippen molar-refractivity contribution in [1.29, 1.82) is 0 Å². The lowest BCUT2D eigenvalue weighted by Crippen LogP contribution is -2.37. The fourth-order valence-corrected chi connectivity index (χ4v) is 7.72. The first-order valence-corrected chi connectivity index (χ1v) is 22.5. The van der Waals surface area contributed by atoms with Crippen molar-refractivity contribution >= 4 is 17.9 Å². The minimum Gasteiger partial charge on any atom is -0.497 e. The Morgan fingerprint density at radius 2 is 1.08 bits per heavy atom. The highest BCUT2D eigenvalue weighted by molar-refractivity contribution is 6.04. The molecule has 1 aliphatic heterocycles. The number of carboxylic acid groups (broad SMARTS) is 1. The van der Waals surface area contributed by atoms with Gasteiger partial charge in [-0.1, -0.05) is 31.2 Å². The number of carboxylic acids is 1. The Bertz CT molecular complexity index is 2710. The molecule has 1 aromatic heterocycles. The largest absolute Gasteiger partial charge is 0.497 e. The van der Waals surface area contributed by atoms with E-state index < -0.39 is 101 Å². The van der Waals surface area contributed by atoms with Gasteiger partial charge in [-0.25, -0.2) is 14.4 Å². The predicted octanol–water partition coefficient (Wildman–Crippen LogP) is 11.7. The molecule has 0 spiro atoms. The highest BCUT2D eigenvalue weighted by Crippen LogP contribution is 2.38. The summed E-state index contributed by atoms with van der Waals surface area (Å²) in [5, 5.41) is 11.6. The summed E-state index contributed by atoms with van der Waals surface area (Å²) in [6.45, 7) is 3.94. The summed E-state index contributed by atoms with van der Waals surface area (Å²) in [4.78, 5) is 49.7. The molecule has 1 fully saturated rings. The van der Waals surface area contributed by atoms with E-state index in [-0.39, 0.29) is 24.1 Å². The van der Waals surface area contributed by atoms with Crippen LogP contribution in [0, 0.1) is 0 Å². The quantitative estimate of drug-likeness (QED) is 0.0660. The van der Waals surface area contributed by atoms with E-state index in [0.717, 1.165) is 15.7 Å². The summed E-state index contributed by atoms with van der Waals surface area (Å²) >= 11 is 0. The Morgan fingerprint density at radius 1 is 0.630 bits per heavy atom. The van der Waals surface area contributed by atoms with Crippen LogP contribution in [0.2, 0.25) is 0 Å². The fourth-order valence-electron chi connectivity index (χ4n) is 7.72. The van der Waals surface area contributed by atoms with Gasteiger partial charge in [0, 0.05) is 18.4 Å².